The lowest BCUT2D eigenvalue weighted by atomic mass is 9.91. The maximum Gasteiger partial charge on any atom is -0.0149 e. The molecule has 0 unspecified atom stereocenters. The van der Waals surface area contributed by atoms with Crippen molar-refractivity contribution in [2.75, 3.05) is 0 Å². The number of benzene rings is 2. The van der Waals surface area contributed by atoms with Crippen LogP contribution in [0.4, 0.5) is 0 Å². The molecule has 0 atom stereocenters. The van der Waals surface area contributed by atoms with Crippen LogP contribution in [-0.2, 0) is 6.42 Å². The van der Waals surface area contributed by atoms with E-state index in [1.165, 1.54) is 21.9 Å². The zero-order valence-electron chi connectivity index (χ0n) is 9.75. The van der Waals surface area contributed by atoms with Gasteiger partial charge in [-0.1, -0.05) is 57.2 Å². The van der Waals surface area contributed by atoms with E-state index in [0.717, 1.165) is 6.42 Å². The van der Waals surface area contributed by atoms with Gasteiger partial charge in [-0.25, -0.2) is 0 Å². The Morgan fingerprint density at radius 2 is 1.73 bits per heavy atom. The fourth-order valence-corrected chi connectivity index (χ4v) is 2.29. The van der Waals surface area contributed by atoms with Gasteiger partial charge < -0.3 is 0 Å². The van der Waals surface area contributed by atoms with Crippen LogP contribution in [0, 0.1) is 0 Å². The summed E-state index contributed by atoms with van der Waals surface area (Å²) in [5.41, 5.74) is 3.01. The first kappa shape index (κ1) is 10.2. The van der Waals surface area contributed by atoms with E-state index in [4.69, 9.17) is 0 Å². The van der Waals surface area contributed by atoms with Crippen molar-refractivity contribution in [1.82, 2.24) is 0 Å². The smallest absolute Gasteiger partial charge is 0.0149 e. The highest BCUT2D eigenvalue weighted by atomic mass is 14.1. The normalized spacial score (nSPS) is 11.2. The molecule has 0 spiro atoms. The van der Waals surface area contributed by atoms with Crippen molar-refractivity contribution in [1.29, 1.82) is 0 Å². The third-order valence-electron chi connectivity index (χ3n) is 3.05. The summed E-state index contributed by atoms with van der Waals surface area (Å²) < 4.78 is 0. The fourth-order valence-electron chi connectivity index (χ4n) is 2.29. The summed E-state index contributed by atoms with van der Waals surface area (Å²) in [6.07, 6.45) is 1.12. The second kappa shape index (κ2) is 4.06. The van der Waals surface area contributed by atoms with E-state index in [0.29, 0.717) is 5.92 Å². The topological polar surface area (TPSA) is 0 Å². The van der Waals surface area contributed by atoms with Gasteiger partial charge in [0.15, 0.2) is 0 Å². The maximum atomic E-state index is 2.28. The Morgan fingerprint density at radius 1 is 1.00 bits per heavy atom. The minimum Gasteiger partial charge on any atom is -0.0616 e. The maximum absolute atomic E-state index is 2.28. The molecule has 0 nitrogen and oxygen atoms in total. The number of rotatable bonds is 2. The zero-order valence-corrected chi connectivity index (χ0v) is 9.75. The van der Waals surface area contributed by atoms with Crippen LogP contribution < -0.4 is 0 Å². The number of aryl methyl sites for hydroxylation is 1. The van der Waals surface area contributed by atoms with E-state index in [2.05, 4.69) is 57.2 Å². The molecule has 0 saturated carbocycles. The summed E-state index contributed by atoms with van der Waals surface area (Å²) >= 11 is 0. The van der Waals surface area contributed by atoms with Crippen molar-refractivity contribution in [3.63, 3.8) is 0 Å². The molecule has 0 N–H and O–H groups in total. The molecule has 2 aromatic carbocycles. The van der Waals surface area contributed by atoms with Crippen LogP contribution in [0.1, 0.15) is 37.8 Å². The van der Waals surface area contributed by atoms with Crippen molar-refractivity contribution in [2.45, 2.75) is 33.1 Å². The van der Waals surface area contributed by atoms with Crippen LogP contribution in [0.25, 0.3) is 10.8 Å². The van der Waals surface area contributed by atoms with Crippen molar-refractivity contribution in [3.05, 3.63) is 47.5 Å². The Morgan fingerprint density at radius 3 is 2.40 bits per heavy atom. The van der Waals surface area contributed by atoms with Gasteiger partial charge in [0.1, 0.15) is 0 Å². The molecule has 0 aliphatic heterocycles. The fraction of sp³-hybridized carbons (Fsp3) is 0.333. The van der Waals surface area contributed by atoms with Crippen molar-refractivity contribution < 1.29 is 0 Å². The SMILES string of the molecule is CCc1c(C(C)C)ccc2ccccc12. The minimum absolute atomic E-state index is 0.615. The van der Waals surface area contributed by atoms with Crippen LogP contribution in [0.15, 0.2) is 36.4 Å². The van der Waals surface area contributed by atoms with Gasteiger partial charge in [-0.2, -0.15) is 0 Å². The summed E-state index contributed by atoms with van der Waals surface area (Å²) in [5, 5.41) is 2.78. The Labute approximate surface area is 91.9 Å². The molecule has 0 heteroatoms. The molecule has 0 radical (unpaired) electrons. The third-order valence-corrected chi connectivity index (χ3v) is 3.05. The Kier molecular flexibility index (Phi) is 2.77. The highest BCUT2D eigenvalue weighted by Gasteiger charge is 2.08. The van der Waals surface area contributed by atoms with E-state index < -0.39 is 0 Å². The van der Waals surface area contributed by atoms with E-state index in [1.54, 1.807) is 0 Å². The molecule has 78 valence electrons. The molecule has 15 heavy (non-hydrogen) atoms. The van der Waals surface area contributed by atoms with E-state index >= 15 is 0 Å². The van der Waals surface area contributed by atoms with E-state index in [9.17, 15) is 0 Å². The van der Waals surface area contributed by atoms with Gasteiger partial charge in [-0.3, -0.25) is 0 Å². The van der Waals surface area contributed by atoms with Crippen LogP contribution >= 0.6 is 0 Å². The lowest BCUT2D eigenvalue weighted by Gasteiger charge is -2.14. The van der Waals surface area contributed by atoms with Crippen molar-refractivity contribution in [3.8, 4) is 0 Å². The standard InChI is InChI=1S/C15H18/c1-4-13-14(11(2)3)10-9-12-7-5-6-8-15(12)13/h5-11H,4H2,1-3H3. The molecule has 0 fully saturated rings. The number of fused-ring (bicyclic) bond motifs is 1. The molecule has 0 heterocycles. The Bertz CT molecular complexity index is 466. The molecule has 0 aromatic heterocycles. The zero-order chi connectivity index (χ0) is 10.8. The largest absolute Gasteiger partial charge is 0.0616 e. The van der Waals surface area contributed by atoms with Crippen molar-refractivity contribution >= 4 is 10.8 Å². The number of hydrogen-bond acceptors (Lipinski definition) is 0. The first-order valence-electron chi connectivity index (χ1n) is 5.74. The van der Waals surface area contributed by atoms with Gasteiger partial charge in [0, 0.05) is 0 Å². The summed E-state index contributed by atoms with van der Waals surface area (Å²) in [4.78, 5) is 0. The molecule has 2 aromatic rings. The highest BCUT2D eigenvalue weighted by Crippen LogP contribution is 2.27. The van der Waals surface area contributed by atoms with Crippen LogP contribution in [-0.4, -0.2) is 0 Å². The number of hydrogen-bond donors (Lipinski definition) is 0. The molecule has 0 aliphatic carbocycles. The summed E-state index contributed by atoms with van der Waals surface area (Å²) in [6.45, 7) is 6.78. The first-order valence-corrected chi connectivity index (χ1v) is 5.74. The monoisotopic (exact) mass is 198 g/mol. The predicted octanol–water partition coefficient (Wildman–Crippen LogP) is 4.53. The quantitative estimate of drug-likeness (QED) is 0.665. The highest BCUT2D eigenvalue weighted by molar-refractivity contribution is 5.86. The molecule has 2 rings (SSSR count). The van der Waals surface area contributed by atoms with Crippen molar-refractivity contribution in [2.24, 2.45) is 0 Å². The molecule has 0 saturated heterocycles. The van der Waals surface area contributed by atoms with Gasteiger partial charge in [-0.05, 0) is 34.2 Å². The van der Waals surface area contributed by atoms with Gasteiger partial charge in [-0.15, -0.1) is 0 Å². The average molecular weight is 198 g/mol. The molecular weight excluding hydrogens is 180 g/mol. The van der Waals surface area contributed by atoms with Crippen LogP contribution in [0.3, 0.4) is 0 Å². The Balaban J connectivity index is 2.75. The Hall–Kier alpha value is -1.30. The second-order valence-electron chi connectivity index (χ2n) is 4.36. The molecule has 0 aliphatic rings. The lowest BCUT2D eigenvalue weighted by molar-refractivity contribution is 0.848. The summed E-state index contributed by atoms with van der Waals surface area (Å²) in [5.74, 6) is 0.615. The first-order chi connectivity index (χ1) is 7.24. The van der Waals surface area contributed by atoms with Gasteiger partial charge in [0.25, 0.3) is 0 Å². The third kappa shape index (κ3) is 1.77. The average Bonchev–Trinajstić information content (AvgIpc) is 2.27. The van der Waals surface area contributed by atoms with Gasteiger partial charge in [0.2, 0.25) is 0 Å². The minimum atomic E-state index is 0.615. The lowest BCUT2D eigenvalue weighted by Crippen LogP contribution is -1.96. The molecule has 0 amide bonds. The van der Waals surface area contributed by atoms with Crippen LogP contribution in [0.2, 0.25) is 0 Å². The van der Waals surface area contributed by atoms with Gasteiger partial charge in [0.05, 0.1) is 0 Å². The van der Waals surface area contributed by atoms with E-state index in [1.807, 2.05) is 0 Å². The summed E-state index contributed by atoms with van der Waals surface area (Å²) in [7, 11) is 0. The molecular formula is C15H18. The molecule has 0 bridgehead atoms. The van der Waals surface area contributed by atoms with Crippen LogP contribution in [0.5, 0.6) is 0 Å². The van der Waals surface area contributed by atoms with E-state index in [-0.39, 0.29) is 0 Å². The second-order valence-corrected chi connectivity index (χ2v) is 4.36. The summed E-state index contributed by atoms with van der Waals surface area (Å²) in [6, 6.07) is 13.2. The van der Waals surface area contributed by atoms with Gasteiger partial charge >= 0.3 is 0 Å². The predicted molar refractivity (Wildman–Crippen MR) is 67.4 cm³/mol.